The minimum absolute atomic E-state index is 0.112. The average Bonchev–Trinajstić information content (AvgIpc) is 3.36. The molecule has 150 valence electrons. The van der Waals surface area contributed by atoms with E-state index in [4.69, 9.17) is 10.3 Å². The zero-order valence-electron chi connectivity index (χ0n) is 15.2. The molecule has 2 fully saturated rings. The monoisotopic (exact) mass is 394 g/mol. The van der Waals surface area contributed by atoms with Gasteiger partial charge in [-0.25, -0.2) is 0 Å². The van der Waals surface area contributed by atoms with Gasteiger partial charge >= 0.3 is 6.18 Å². The van der Waals surface area contributed by atoms with Crippen LogP contribution in [0.4, 0.5) is 13.2 Å². The fraction of sp³-hybridized carbons (Fsp3) is 0.526. The van der Waals surface area contributed by atoms with Crippen molar-refractivity contribution in [2.24, 2.45) is 5.73 Å². The molecule has 2 aliphatic rings. The topological polar surface area (TPSA) is 85.2 Å². The van der Waals surface area contributed by atoms with Crippen LogP contribution in [0.3, 0.4) is 0 Å². The van der Waals surface area contributed by atoms with E-state index in [2.05, 4.69) is 10.1 Å². The molecule has 1 aromatic heterocycles. The number of rotatable bonds is 4. The van der Waals surface area contributed by atoms with Crippen molar-refractivity contribution >= 4 is 5.91 Å². The lowest BCUT2D eigenvalue weighted by Crippen LogP contribution is -2.34. The van der Waals surface area contributed by atoms with Gasteiger partial charge in [0.15, 0.2) is 5.82 Å². The van der Waals surface area contributed by atoms with Gasteiger partial charge < -0.3 is 15.2 Å². The van der Waals surface area contributed by atoms with Gasteiger partial charge in [0.05, 0.1) is 17.0 Å². The number of amides is 1. The minimum Gasteiger partial charge on any atom is -0.339 e. The summed E-state index contributed by atoms with van der Waals surface area (Å²) in [5.74, 6) is 0.422. The molecular weight excluding hydrogens is 373 g/mol. The molecule has 1 saturated heterocycles. The fourth-order valence-corrected chi connectivity index (χ4v) is 3.99. The first kappa shape index (κ1) is 18.9. The van der Waals surface area contributed by atoms with Crippen molar-refractivity contribution in [3.8, 4) is 0 Å². The van der Waals surface area contributed by atoms with E-state index in [1.165, 1.54) is 11.0 Å². The Hall–Kier alpha value is -2.42. The number of halogens is 3. The summed E-state index contributed by atoms with van der Waals surface area (Å²) in [4.78, 5) is 18.3. The summed E-state index contributed by atoms with van der Waals surface area (Å²) in [6.07, 6.45) is -0.571. The second kappa shape index (κ2) is 6.88. The molecule has 1 aliphatic heterocycles. The zero-order valence-corrected chi connectivity index (χ0v) is 15.2. The minimum atomic E-state index is -4.41. The molecule has 0 bridgehead atoms. The molecule has 2 heterocycles. The van der Waals surface area contributed by atoms with Crippen LogP contribution in [-0.4, -0.2) is 27.5 Å². The van der Waals surface area contributed by atoms with Crippen molar-refractivity contribution in [3.05, 3.63) is 47.1 Å². The van der Waals surface area contributed by atoms with Crippen LogP contribution in [0.25, 0.3) is 0 Å². The molecule has 1 unspecified atom stereocenters. The van der Waals surface area contributed by atoms with E-state index in [1.54, 1.807) is 6.07 Å². The maximum absolute atomic E-state index is 12.9. The summed E-state index contributed by atoms with van der Waals surface area (Å²) in [5.41, 5.74) is 5.49. The number of nitrogens with two attached hydrogens (primary N) is 1. The van der Waals surface area contributed by atoms with Crippen molar-refractivity contribution in [1.29, 1.82) is 0 Å². The largest absolute Gasteiger partial charge is 0.416 e. The molecule has 6 nitrogen and oxygen atoms in total. The SMILES string of the molecule is NC1(c2noc(C3CC(=O)N(Cc4cccc(C(F)(F)F)c4)C3)n2)CCCC1. The number of carbonyl (C=O) groups is 1. The number of alkyl halides is 3. The Morgan fingerprint density at radius 1 is 1.29 bits per heavy atom. The number of nitrogens with zero attached hydrogens (tertiary/aromatic N) is 3. The Balaban J connectivity index is 1.46. The molecule has 0 spiro atoms. The Morgan fingerprint density at radius 2 is 2.04 bits per heavy atom. The number of benzene rings is 1. The third kappa shape index (κ3) is 3.63. The van der Waals surface area contributed by atoms with Crippen LogP contribution in [-0.2, 0) is 23.1 Å². The molecule has 1 atom stereocenters. The van der Waals surface area contributed by atoms with Crippen molar-refractivity contribution < 1.29 is 22.5 Å². The van der Waals surface area contributed by atoms with Crippen LogP contribution in [0.1, 0.15) is 60.9 Å². The summed E-state index contributed by atoms with van der Waals surface area (Å²) in [6.45, 7) is 0.440. The molecule has 1 aliphatic carbocycles. The Labute approximate surface area is 159 Å². The Kier molecular flexibility index (Phi) is 4.65. The first-order chi connectivity index (χ1) is 13.2. The van der Waals surface area contributed by atoms with Crippen LogP contribution in [0.2, 0.25) is 0 Å². The van der Waals surface area contributed by atoms with Gasteiger partial charge in [0.1, 0.15) is 0 Å². The van der Waals surface area contributed by atoms with Crippen LogP contribution in [0, 0.1) is 0 Å². The van der Waals surface area contributed by atoms with Gasteiger partial charge in [0.2, 0.25) is 11.8 Å². The fourth-order valence-electron chi connectivity index (χ4n) is 3.99. The highest BCUT2D eigenvalue weighted by Gasteiger charge is 2.39. The quantitative estimate of drug-likeness (QED) is 0.860. The maximum atomic E-state index is 12.9. The predicted octanol–water partition coefficient (Wildman–Crippen LogP) is 3.33. The summed E-state index contributed by atoms with van der Waals surface area (Å²) in [7, 11) is 0. The summed E-state index contributed by atoms with van der Waals surface area (Å²) in [5, 5.41) is 4.02. The highest BCUT2D eigenvalue weighted by molar-refractivity contribution is 5.79. The molecule has 1 amide bonds. The first-order valence-corrected chi connectivity index (χ1v) is 9.31. The Morgan fingerprint density at radius 3 is 2.75 bits per heavy atom. The van der Waals surface area contributed by atoms with Crippen LogP contribution in [0.15, 0.2) is 28.8 Å². The van der Waals surface area contributed by atoms with Crippen LogP contribution in [0.5, 0.6) is 0 Å². The number of hydrogen-bond acceptors (Lipinski definition) is 5. The highest BCUT2D eigenvalue weighted by atomic mass is 19.4. The number of aromatic nitrogens is 2. The van der Waals surface area contributed by atoms with E-state index >= 15 is 0 Å². The third-order valence-electron chi connectivity index (χ3n) is 5.57. The number of hydrogen-bond donors (Lipinski definition) is 1. The van der Waals surface area contributed by atoms with Gasteiger partial charge in [-0.3, -0.25) is 4.79 Å². The lowest BCUT2D eigenvalue weighted by Gasteiger charge is -2.18. The third-order valence-corrected chi connectivity index (χ3v) is 5.57. The molecule has 9 heteroatoms. The molecular formula is C19H21F3N4O2. The molecule has 0 radical (unpaired) electrons. The highest BCUT2D eigenvalue weighted by Crippen LogP contribution is 2.36. The van der Waals surface area contributed by atoms with Crippen LogP contribution < -0.4 is 5.73 Å². The van der Waals surface area contributed by atoms with E-state index in [1.807, 2.05) is 0 Å². The molecule has 1 aromatic carbocycles. The standard InChI is InChI=1S/C19H21F3N4O2/c20-19(21,22)14-5-3-4-12(8-14)10-26-11-13(9-15(26)27)16-24-17(25-28-16)18(23)6-1-2-7-18/h3-5,8,13H,1-2,6-7,9-11,23H2. The second-order valence-electron chi connectivity index (χ2n) is 7.69. The van der Waals surface area contributed by atoms with Crippen molar-refractivity contribution in [3.63, 3.8) is 0 Å². The normalized spacial score (nSPS) is 22.2. The van der Waals surface area contributed by atoms with E-state index in [-0.39, 0.29) is 24.8 Å². The molecule has 1 saturated carbocycles. The maximum Gasteiger partial charge on any atom is 0.416 e. The summed E-state index contributed by atoms with van der Waals surface area (Å²) in [6, 6.07) is 5.02. The van der Waals surface area contributed by atoms with Crippen molar-refractivity contribution in [2.75, 3.05) is 6.54 Å². The van der Waals surface area contributed by atoms with E-state index < -0.39 is 17.3 Å². The molecule has 2 aromatic rings. The summed E-state index contributed by atoms with van der Waals surface area (Å²) >= 11 is 0. The summed E-state index contributed by atoms with van der Waals surface area (Å²) < 4.78 is 44.0. The van der Waals surface area contributed by atoms with Gasteiger partial charge in [0, 0.05) is 19.5 Å². The van der Waals surface area contributed by atoms with E-state index in [9.17, 15) is 18.0 Å². The Bertz CT molecular complexity index is 874. The van der Waals surface area contributed by atoms with E-state index in [0.717, 1.165) is 37.8 Å². The molecule has 28 heavy (non-hydrogen) atoms. The van der Waals surface area contributed by atoms with Crippen molar-refractivity contribution in [2.45, 2.75) is 56.3 Å². The first-order valence-electron chi connectivity index (χ1n) is 9.31. The lowest BCUT2D eigenvalue weighted by atomic mass is 9.98. The average molecular weight is 394 g/mol. The van der Waals surface area contributed by atoms with E-state index in [0.29, 0.717) is 23.8 Å². The number of carbonyl (C=O) groups excluding carboxylic acids is 1. The number of likely N-dealkylation sites (tertiary alicyclic amines) is 1. The van der Waals surface area contributed by atoms with Gasteiger partial charge in [-0.15, -0.1) is 0 Å². The lowest BCUT2D eigenvalue weighted by molar-refractivity contribution is -0.137. The predicted molar refractivity (Wildman–Crippen MR) is 92.9 cm³/mol. The second-order valence-corrected chi connectivity index (χ2v) is 7.69. The van der Waals surface area contributed by atoms with Gasteiger partial charge in [0.25, 0.3) is 0 Å². The molecule has 2 N–H and O–H groups in total. The molecule has 4 rings (SSSR count). The van der Waals surface area contributed by atoms with Gasteiger partial charge in [-0.1, -0.05) is 30.1 Å². The smallest absolute Gasteiger partial charge is 0.339 e. The van der Waals surface area contributed by atoms with Gasteiger partial charge in [-0.05, 0) is 30.5 Å². The van der Waals surface area contributed by atoms with Gasteiger partial charge in [-0.2, -0.15) is 18.2 Å². The van der Waals surface area contributed by atoms with Crippen molar-refractivity contribution in [1.82, 2.24) is 15.0 Å². The van der Waals surface area contributed by atoms with Crippen LogP contribution >= 0.6 is 0 Å². The zero-order chi connectivity index (χ0) is 19.9.